The van der Waals surface area contributed by atoms with Crippen LogP contribution in [0.1, 0.15) is 5.56 Å². The van der Waals surface area contributed by atoms with Gasteiger partial charge in [0.15, 0.2) is 11.1 Å². The Hall–Kier alpha value is -1.50. The van der Waals surface area contributed by atoms with Gasteiger partial charge in [0.2, 0.25) is 0 Å². The molecule has 5 nitrogen and oxygen atoms in total. The Balaban J connectivity index is 2.87. The van der Waals surface area contributed by atoms with E-state index in [4.69, 9.17) is 9.76 Å². The third kappa shape index (κ3) is 3.62. The fourth-order valence-corrected chi connectivity index (χ4v) is 1.37. The molecule has 0 spiro atoms. The van der Waals surface area contributed by atoms with E-state index in [0.717, 1.165) is 6.08 Å². The highest BCUT2D eigenvalue weighted by atomic mass is 32.2. The molecule has 1 unspecified atom stereocenters. The first-order valence-corrected chi connectivity index (χ1v) is 5.07. The molecular weight excluding hydrogens is 218 g/mol. The fraction of sp³-hybridized carbons (Fsp3) is 0. The first-order chi connectivity index (χ1) is 7.13. The lowest BCUT2D eigenvalue weighted by molar-refractivity contribution is -0.124. The van der Waals surface area contributed by atoms with E-state index in [9.17, 15) is 9.00 Å². The fourth-order valence-electron chi connectivity index (χ4n) is 0.936. The van der Waals surface area contributed by atoms with Crippen molar-refractivity contribution in [1.82, 2.24) is 5.48 Å². The van der Waals surface area contributed by atoms with Crippen LogP contribution in [-0.4, -0.2) is 19.9 Å². The normalized spacial score (nSPS) is 12.7. The predicted molar refractivity (Wildman–Crippen MR) is 54.4 cm³/mol. The van der Waals surface area contributed by atoms with Crippen LogP contribution < -0.4 is 5.48 Å². The SMILES string of the molecule is O=C(/C=C/c1cccc(S(=O)O)c1)NO. The summed E-state index contributed by atoms with van der Waals surface area (Å²) in [5.41, 5.74) is 2.03. The second-order valence-corrected chi connectivity index (χ2v) is 3.60. The van der Waals surface area contributed by atoms with E-state index in [1.807, 2.05) is 0 Å². The summed E-state index contributed by atoms with van der Waals surface area (Å²) in [4.78, 5) is 10.9. The molecule has 6 heteroatoms. The number of amides is 1. The van der Waals surface area contributed by atoms with Gasteiger partial charge < -0.3 is 4.55 Å². The maximum absolute atomic E-state index is 10.7. The van der Waals surface area contributed by atoms with E-state index in [1.165, 1.54) is 23.7 Å². The summed E-state index contributed by atoms with van der Waals surface area (Å²) in [6, 6.07) is 6.23. The summed E-state index contributed by atoms with van der Waals surface area (Å²) in [5, 5.41) is 8.22. The highest BCUT2D eigenvalue weighted by molar-refractivity contribution is 7.79. The molecule has 0 aliphatic carbocycles. The lowest BCUT2D eigenvalue weighted by Gasteiger charge is -1.96. The molecular formula is C9H9NO4S. The van der Waals surface area contributed by atoms with Gasteiger partial charge in [-0.05, 0) is 23.8 Å². The van der Waals surface area contributed by atoms with Crippen molar-refractivity contribution in [3.8, 4) is 0 Å². The van der Waals surface area contributed by atoms with Gasteiger partial charge in [-0.3, -0.25) is 10.0 Å². The van der Waals surface area contributed by atoms with E-state index in [-0.39, 0.29) is 4.90 Å². The van der Waals surface area contributed by atoms with Gasteiger partial charge in [-0.25, -0.2) is 9.69 Å². The van der Waals surface area contributed by atoms with Crippen LogP contribution in [0.25, 0.3) is 6.08 Å². The minimum Gasteiger partial charge on any atom is -0.302 e. The highest BCUT2D eigenvalue weighted by Gasteiger charge is 1.99. The lowest BCUT2D eigenvalue weighted by Crippen LogP contribution is -2.14. The minimum absolute atomic E-state index is 0.251. The molecule has 0 bridgehead atoms. The standard InChI is InChI=1S/C9H9NO4S/c11-9(10-12)5-4-7-2-1-3-8(6-7)15(13)14/h1-6,12H,(H,10,11)(H,13,14)/b5-4+. The first-order valence-electron chi connectivity index (χ1n) is 3.96. The topological polar surface area (TPSA) is 86.6 Å². The molecule has 1 aromatic carbocycles. The van der Waals surface area contributed by atoms with Gasteiger partial charge in [-0.2, -0.15) is 0 Å². The summed E-state index contributed by atoms with van der Waals surface area (Å²) in [5.74, 6) is -0.662. The van der Waals surface area contributed by atoms with Gasteiger partial charge in [0, 0.05) is 6.08 Å². The van der Waals surface area contributed by atoms with E-state index < -0.39 is 17.0 Å². The van der Waals surface area contributed by atoms with E-state index in [1.54, 1.807) is 12.1 Å². The van der Waals surface area contributed by atoms with Crippen molar-refractivity contribution in [3.63, 3.8) is 0 Å². The van der Waals surface area contributed by atoms with Crippen molar-refractivity contribution in [2.24, 2.45) is 0 Å². The Kier molecular flexibility index (Phi) is 4.17. The van der Waals surface area contributed by atoms with Crippen molar-refractivity contribution in [2.45, 2.75) is 4.90 Å². The maximum Gasteiger partial charge on any atom is 0.267 e. The van der Waals surface area contributed by atoms with Crippen molar-refractivity contribution in [1.29, 1.82) is 0 Å². The van der Waals surface area contributed by atoms with Crippen LogP contribution >= 0.6 is 0 Å². The van der Waals surface area contributed by atoms with Crippen LogP contribution in [0, 0.1) is 0 Å². The third-order valence-corrected chi connectivity index (χ3v) is 2.25. The largest absolute Gasteiger partial charge is 0.302 e. The van der Waals surface area contributed by atoms with Crippen LogP contribution in [-0.2, 0) is 15.9 Å². The van der Waals surface area contributed by atoms with Crippen LogP contribution in [0.4, 0.5) is 0 Å². The van der Waals surface area contributed by atoms with Crippen molar-refractivity contribution < 1.29 is 18.8 Å². The highest BCUT2D eigenvalue weighted by Crippen LogP contribution is 2.09. The summed E-state index contributed by atoms with van der Waals surface area (Å²) >= 11 is -2.04. The molecule has 0 aliphatic rings. The smallest absolute Gasteiger partial charge is 0.267 e. The van der Waals surface area contributed by atoms with E-state index in [0.29, 0.717) is 5.56 Å². The molecule has 0 aliphatic heterocycles. The summed E-state index contributed by atoms with van der Waals surface area (Å²) < 4.78 is 19.5. The van der Waals surface area contributed by atoms with Crippen LogP contribution in [0.5, 0.6) is 0 Å². The number of hydrogen-bond acceptors (Lipinski definition) is 3. The Morgan fingerprint density at radius 3 is 2.80 bits per heavy atom. The average Bonchev–Trinajstić information content (AvgIpc) is 2.26. The van der Waals surface area contributed by atoms with Gasteiger partial charge in [-0.1, -0.05) is 12.1 Å². The Morgan fingerprint density at radius 1 is 1.47 bits per heavy atom. The molecule has 0 saturated carbocycles. The second kappa shape index (κ2) is 5.40. The Labute approximate surface area is 88.7 Å². The zero-order valence-electron chi connectivity index (χ0n) is 7.58. The number of carbonyl (C=O) groups excluding carboxylic acids is 1. The number of hydrogen-bond donors (Lipinski definition) is 3. The number of benzene rings is 1. The second-order valence-electron chi connectivity index (χ2n) is 2.63. The van der Waals surface area contributed by atoms with Gasteiger partial charge in [-0.15, -0.1) is 0 Å². The zero-order valence-corrected chi connectivity index (χ0v) is 8.40. The molecule has 1 atom stereocenters. The van der Waals surface area contributed by atoms with E-state index in [2.05, 4.69) is 0 Å². The number of rotatable bonds is 3. The average molecular weight is 227 g/mol. The molecule has 0 radical (unpaired) electrons. The molecule has 0 saturated heterocycles. The summed E-state index contributed by atoms with van der Waals surface area (Å²) in [6.07, 6.45) is 2.53. The van der Waals surface area contributed by atoms with Crippen LogP contribution in [0.2, 0.25) is 0 Å². The van der Waals surface area contributed by atoms with Crippen LogP contribution in [0.3, 0.4) is 0 Å². The summed E-state index contributed by atoms with van der Waals surface area (Å²) in [6.45, 7) is 0. The zero-order chi connectivity index (χ0) is 11.3. The number of hydroxylamine groups is 1. The lowest BCUT2D eigenvalue weighted by atomic mass is 10.2. The van der Waals surface area contributed by atoms with Crippen molar-refractivity contribution in [2.75, 3.05) is 0 Å². The van der Waals surface area contributed by atoms with Gasteiger partial charge in [0.25, 0.3) is 5.91 Å². The van der Waals surface area contributed by atoms with Crippen molar-refractivity contribution >= 4 is 23.1 Å². The van der Waals surface area contributed by atoms with Crippen molar-refractivity contribution in [3.05, 3.63) is 35.9 Å². The van der Waals surface area contributed by atoms with E-state index >= 15 is 0 Å². The summed E-state index contributed by atoms with van der Waals surface area (Å²) in [7, 11) is 0. The molecule has 0 heterocycles. The van der Waals surface area contributed by atoms with Gasteiger partial charge in [0.1, 0.15) is 0 Å². The molecule has 1 aromatic rings. The number of carbonyl (C=O) groups is 1. The molecule has 80 valence electrons. The van der Waals surface area contributed by atoms with Gasteiger partial charge >= 0.3 is 0 Å². The third-order valence-electron chi connectivity index (χ3n) is 1.60. The van der Waals surface area contributed by atoms with Gasteiger partial charge in [0.05, 0.1) is 4.90 Å². The van der Waals surface area contributed by atoms with Crippen LogP contribution in [0.15, 0.2) is 35.2 Å². The Morgan fingerprint density at radius 2 is 2.20 bits per heavy atom. The molecule has 1 rings (SSSR count). The first kappa shape index (κ1) is 11.6. The number of nitrogens with one attached hydrogen (secondary N) is 1. The quantitative estimate of drug-likeness (QED) is 0.308. The molecule has 3 N–H and O–H groups in total. The predicted octanol–water partition coefficient (Wildman–Crippen LogP) is 0.786. The monoisotopic (exact) mass is 227 g/mol. The molecule has 0 fully saturated rings. The minimum atomic E-state index is -2.04. The molecule has 1 amide bonds. The maximum atomic E-state index is 10.7. The Bertz CT molecular complexity index is 416. The molecule has 0 aromatic heterocycles. The molecule has 15 heavy (non-hydrogen) atoms.